The van der Waals surface area contributed by atoms with Crippen molar-refractivity contribution in [2.24, 2.45) is 0 Å². The lowest BCUT2D eigenvalue weighted by Gasteiger charge is -2.06. The van der Waals surface area contributed by atoms with Crippen LogP contribution < -0.4 is 5.32 Å². The Balaban J connectivity index is 2.54. The van der Waals surface area contributed by atoms with Crippen LogP contribution in [0.5, 0.6) is 0 Å². The summed E-state index contributed by atoms with van der Waals surface area (Å²) in [7, 11) is 0. The fourth-order valence-corrected chi connectivity index (χ4v) is 1.76. The summed E-state index contributed by atoms with van der Waals surface area (Å²) in [5.74, 6) is -0.788. The number of benzene rings is 1. The Hall–Kier alpha value is -1.03. The molecule has 76 valence electrons. The first kappa shape index (κ1) is 11.0. The van der Waals surface area contributed by atoms with Gasteiger partial charge in [-0.1, -0.05) is 15.9 Å². The van der Waals surface area contributed by atoms with Crippen LogP contribution in [0.3, 0.4) is 0 Å². The average molecular weight is 258 g/mol. The molecule has 0 atom stereocenters. The molecule has 0 unspecified atom stereocenters. The molecule has 0 fully saturated rings. The van der Waals surface area contributed by atoms with Gasteiger partial charge in [0.2, 0.25) is 0 Å². The van der Waals surface area contributed by atoms with Crippen LogP contribution in [-0.4, -0.2) is 17.6 Å². The molecule has 0 aliphatic rings. The Kier molecular flexibility index (Phi) is 3.95. The maximum atomic E-state index is 10.3. The van der Waals surface area contributed by atoms with Crippen LogP contribution in [0, 0.1) is 6.92 Å². The van der Waals surface area contributed by atoms with Crippen molar-refractivity contribution in [1.29, 1.82) is 0 Å². The summed E-state index contributed by atoms with van der Waals surface area (Å²) in [6.07, 6.45) is 0.131. The molecule has 0 radical (unpaired) electrons. The van der Waals surface area contributed by atoms with Crippen LogP contribution in [-0.2, 0) is 4.79 Å². The highest BCUT2D eigenvalue weighted by Crippen LogP contribution is 2.18. The molecule has 3 nitrogen and oxygen atoms in total. The molecule has 1 aromatic carbocycles. The molecule has 4 heteroatoms. The number of aliphatic carboxylic acids is 1. The molecular formula is C10H12BrNO2. The summed E-state index contributed by atoms with van der Waals surface area (Å²) in [5.41, 5.74) is 2.08. The second-order valence-corrected chi connectivity index (χ2v) is 4.00. The Labute approximate surface area is 91.3 Å². The molecule has 0 amide bonds. The third-order valence-electron chi connectivity index (χ3n) is 1.71. The standard InChI is InChI=1S/C10H12BrNO2/c1-7-4-8(11)6-9(5-7)12-3-2-10(13)14/h4-6,12H,2-3H2,1H3,(H,13,14). The molecule has 0 spiro atoms. The molecule has 14 heavy (non-hydrogen) atoms. The van der Waals surface area contributed by atoms with Gasteiger partial charge >= 0.3 is 5.97 Å². The highest BCUT2D eigenvalue weighted by atomic mass is 79.9. The van der Waals surface area contributed by atoms with Crippen molar-refractivity contribution in [3.05, 3.63) is 28.2 Å². The number of carboxylic acid groups (broad SMARTS) is 1. The summed E-state index contributed by atoms with van der Waals surface area (Å²) in [5, 5.41) is 11.5. The zero-order chi connectivity index (χ0) is 10.6. The topological polar surface area (TPSA) is 49.3 Å². The van der Waals surface area contributed by atoms with Gasteiger partial charge in [-0.3, -0.25) is 4.79 Å². The second kappa shape index (κ2) is 5.00. The number of anilines is 1. The van der Waals surface area contributed by atoms with E-state index in [1.54, 1.807) is 0 Å². The zero-order valence-corrected chi connectivity index (χ0v) is 9.47. The fourth-order valence-electron chi connectivity index (χ4n) is 1.15. The van der Waals surface area contributed by atoms with Gasteiger partial charge in [0.1, 0.15) is 0 Å². The highest BCUT2D eigenvalue weighted by Gasteiger charge is 1.98. The highest BCUT2D eigenvalue weighted by molar-refractivity contribution is 9.10. The third kappa shape index (κ3) is 3.79. The lowest BCUT2D eigenvalue weighted by atomic mass is 10.2. The van der Waals surface area contributed by atoms with Crippen molar-refractivity contribution in [1.82, 2.24) is 0 Å². The van der Waals surface area contributed by atoms with Gasteiger partial charge in [0.25, 0.3) is 0 Å². The van der Waals surface area contributed by atoms with E-state index in [4.69, 9.17) is 5.11 Å². The largest absolute Gasteiger partial charge is 0.481 e. The van der Waals surface area contributed by atoms with Gasteiger partial charge in [-0.25, -0.2) is 0 Å². The number of hydrogen-bond acceptors (Lipinski definition) is 2. The number of aryl methyl sites for hydroxylation is 1. The quantitative estimate of drug-likeness (QED) is 0.872. The van der Waals surface area contributed by atoms with Crippen molar-refractivity contribution in [3.63, 3.8) is 0 Å². The van der Waals surface area contributed by atoms with E-state index in [0.29, 0.717) is 6.54 Å². The smallest absolute Gasteiger partial charge is 0.305 e. The second-order valence-electron chi connectivity index (χ2n) is 3.09. The maximum Gasteiger partial charge on any atom is 0.305 e. The number of halogens is 1. The number of hydrogen-bond donors (Lipinski definition) is 2. The van der Waals surface area contributed by atoms with Gasteiger partial charge in [-0.15, -0.1) is 0 Å². The number of carbonyl (C=O) groups is 1. The van der Waals surface area contributed by atoms with Gasteiger partial charge in [0, 0.05) is 16.7 Å². The van der Waals surface area contributed by atoms with Crippen molar-refractivity contribution in [2.75, 3.05) is 11.9 Å². The van der Waals surface area contributed by atoms with E-state index in [2.05, 4.69) is 21.2 Å². The first-order chi connectivity index (χ1) is 6.58. The molecule has 0 aromatic heterocycles. The van der Waals surface area contributed by atoms with Crippen molar-refractivity contribution in [3.8, 4) is 0 Å². The predicted octanol–water partition coefficient (Wildman–Crippen LogP) is 2.64. The predicted molar refractivity (Wildman–Crippen MR) is 59.6 cm³/mol. The molecule has 0 aliphatic heterocycles. The SMILES string of the molecule is Cc1cc(Br)cc(NCCC(=O)O)c1. The summed E-state index contributed by atoms with van der Waals surface area (Å²) in [4.78, 5) is 10.3. The molecule has 0 aliphatic carbocycles. The molecule has 0 saturated heterocycles. The van der Waals surface area contributed by atoms with Crippen LogP contribution in [0.4, 0.5) is 5.69 Å². The van der Waals surface area contributed by atoms with E-state index in [0.717, 1.165) is 15.7 Å². The van der Waals surface area contributed by atoms with Crippen molar-refractivity contribution < 1.29 is 9.90 Å². The van der Waals surface area contributed by atoms with Gasteiger partial charge in [0.05, 0.1) is 6.42 Å². The van der Waals surface area contributed by atoms with Crippen molar-refractivity contribution >= 4 is 27.6 Å². The molecule has 2 N–H and O–H groups in total. The van der Waals surface area contributed by atoms with E-state index in [-0.39, 0.29) is 6.42 Å². The first-order valence-electron chi connectivity index (χ1n) is 4.31. The fraction of sp³-hybridized carbons (Fsp3) is 0.300. The van der Waals surface area contributed by atoms with Crippen LogP contribution in [0.1, 0.15) is 12.0 Å². The lowest BCUT2D eigenvalue weighted by Crippen LogP contribution is -2.07. The zero-order valence-electron chi connectivity index (χ0n) is 7.88. The molecule has 0 bridgehead atoms. The summed E-state index contributed by atoms with van der Waals surface area (Å²) >= 11 is 3.38. The van der Waals surface area contributed by atoms with Crippen LogP contribution in [0.25, 0.3) is 0 Å². The first-order valence-corrected chi connectivity index (χ1v) is 5.10. The van der Waals surface area contributed by atoms with Gasteiger partial charge in [-0.05, 0) is 30.7 Å². The molecule has 0 heterocycles. The minimum atomic E-state index is -0.788. The number of nitrogens with one attached hydrogen (secondary N) is 1. The van der Waals surface area contributed by atoms with E-state index >= 15 is 0 Å². The number of rotatable bonds is 4. The van der Waals surface area contributed by atoms with E-state index in [1.165, 1.54) is 0 Å². The lowest BCUT2D eigenvalue weighted by molar-refractivity contribution is -0.136. The molecule has 0 saturated carbocycles. The third-order valence-corrected chi connectivity index (χ3v) is 2.17. The van der Waals surface area contributed by atoms with E-state index in [9.17, 15) is 4.79 Å². The monoisotopic (exact) mass is 257 g/mol. The summed E-state index contributed by atoms with van der Waals surface area (Å²) in [6.45, 7) is 2.44. The summed E-state index contributed by atoms with van der Waals surface area (Å²) < 4.78 is 0.996. The van der Waals surface area contributed by atoms with Gasteiger partial charge < -0.3 is 10.4 Å². The Bertz CT molecular complexity index is 319. The minimum Gasteiger partial charge on any atom is -0.481 e. The van der Waals surface area contributed by atoms with E-state index in [1.807, 2.05) is 25.1 Å². The molecule has 1 rings (SSSR count). The van der Waals surface area contributed by atoms with E-state index < -0.39 is 5.97 Å². The molecule has 1 aromatic rings. The van der Waals surface area contributed by atoms with Crippen LogP contribution in [0.15, 0.2) is 22.7 Å². The summed E-state index contributed by atoms with van der Waals surface area (Å²) in [6, 6.07) is 5.91. The maximum absolute atomic E-state index is 10.3. The van der Waals surface area contributed by atoms with Crippen LogP contribution >= 0.6 is 15.9 Å². The Morgan fingerprint density at radius 1 is 1.50 bits per heavy atom. The Morgan fingerprint density at radius 3 is 2.79 bits per heavy atom. The van der Waals surface area contributed by atoms with Crippen molar-refractivity contribution in [2.45, 2.75) is 13.3 Å². The van der Waals surface area contributed by atoms with Gasteiger partial charge in [-0.2, -0.15) is 0 Å². The molecular weight excluding hydrogens is 246 g/mol. The average Bonchev–Trinajstić information content (AvgIpc) is 2.01. The van der Waals surface area contributed by atoms with Crippen LogP contribution in [0.2, 0.25) is 0 Å². The minimum absolute atomic E-state index is 0.131. The number of carboxylic acids is 1. The Morgan fingerprint density at radius 2 is 2.21 bits per heavy atom. The van der Waals surface area contributed by atoms with Gasteiger partial charge in [0.15, 0.2) is 0 Å². The normalized spacial score (nSPS) is 9.86.